The zero-order chi connectivity index (χ0) is 37.6. The number of anilines is 1. The normalized spacial score (nSPS) is 42.9. The monoisotopic (exact) mass is 770 g/mol. The molecule has 14 rings (SSSR count). The molecule has 3 N–H and O–H groups in total. The van der Waals surface area contributed by atoms with Gasteiger partial charge in [-0.15, -0.1) is 0 Å². The van der Waals surface area contributed by atoms with E-state index in [1.165, 1.54) is 82.9 Å². The Labute approximate surface area is 344 Å². The summed E-state index contributed by atoms with van der Waals surface area (Å²) in [5.41, 5.74) is 8.33. The van der Waals surface area contributed by atoms with Crippen molar-refractivity contribution in [2.45, 2.75) is 142 Å². The number of piperazine rings is 1. The standard InChI is InChI=1S/C49H59BN8/c1-3-11-28(12-4-1)34-25-29-13-7-8-16-32(29)39-42-46-36(19-22-51-42)50-35-18-9-17-33-40-43-48(55-24-23-52-43)56(31-14-5-2-6-15-31)49(40)58(44(33)35)38-27-30(47-53-20-10-21-54-47)26-37(41(38)50)57(46)45(34)39/h1-6,10-12,14-15,20-21,29-30,32-38,41-44,46,48,51-52,55H,7-9,13,16-19,22-27H2. The van der Waals surface area contributed by atoms with E-state index in [-0.39, 0.29) is 6.17 Å². The van der Waals surface area contributed by atoms with Gasteiger partial charge in [-0.2, -0.15) is 0 Å². The lowest BCUT2D eigenvalue weighted by molar-refractivity contribution is 0.0127. The molecule has 4 saturated heterocycles. The predicted octanol–water partition coefficient (Wildman–Crippen LogP) is 7.12. The van der Waals surface area contributed by atoms with Crippen molar-refractivity contribution in [2.75, 3.05) is 24.5 Å². The van der Waals surface area contributed by atoms with Gasteiger partial charge < -0.3 is 25.3 Å². The number of nitrogens with zero attached hydrogens (tertiary/aromatic N) is 5. The van der Waals surface area contributed by atoms with Crippen LogP contribution in [0.4, 0.5) is 5.69 Å². The lowest BCUT2D eigenvalue weighted by atomic mass is 9.18. The number of allylic oxidation sites excluding steroid dienone is 1. The van der Waals surface area contributed by atoms with E-state index in [0.717, 1.165) is 49.1 Å². The van der Waals surface area contributed by atoms with E-state index in [1.807, 2.05) is 24.0 Å². The van der Waals surface area contributed by atoms with Gasteiger partial charge in [-0.05, 0) is 116 Å². The molecule has 0 spiro atoms. The first-order valence-corrected chi connectivity index (χ1v) is 23.7. The molecule has 15 atom stereocenters. The Bertz CT molecular complexity index is 2150. The van der Waals surface area contributed by atoms with Crippen LogP contribution in [0.5, 0.6) is 0 Å². The Balaban J connectivity index is 0.977. The first kappa shape index (κ1) is 34.1. The Kier molecular flexibility index (Phi) is 7.60. The average molecular weight is 771 g/mol. The second-order valence-corrected chi connectivity index (χ2v) is 20.5. The van der Waals surface area contributed by atoms with Gasteiger partial charge in [0, 0.05) is 78.8 Å². The molecule has 4 aliphatic carbocycles. The fourth-order valence-corrected chi connectivity index (χ4v) is 17.0. The Hall–Kier alpha value is -3.66. The van der Waals surface area contributed by atoms with Gasteiger partial charge in [0.25, 0.3) is 0 Å². The molecule has 2 aromatic carbocycles. The maximum atomic E-state index is 5.10. The van der Waals surface area contributed by atoms with Gasteiger partial charge in [0.05, 0.1) is 12.1 Å². The second kappa shape index (κ2) is 12.9. The lowest BCUT2D eigenvalue weighted by Crippen LogP contribution is -2.74. The third kappa shape index (κ3) is 4.54. The summed E-state index contributed by atoms with van der Waals surface area (Å²) in [6.45, 7) is 4.02. The summed E-state index contributed by atoms with van der Waals surface area (Å²) >= 11 is 0. The van der Waals surface area contributed by atoms with E-state index < -0.39 is 0 Å². The van der Waals surface area contributed by atoms with Crippen molar-refractivity contribution < 1.29 is 0 Å². The molecule has 0 bridgehead atoms. The minimum Gasteiger partial charge on any atom is -0.367 e. The van der Waals surface area contributed by atoms with Crippen LogP contribution in [0.1, 0.15) is 93.9 Å². The van der Waals surface area contributed by atoms with E-state index >= 15 is 0 Å². The molecule has 7 aliphatic heterocycles. The van der Waals surface area contributed by atoms with E-state index in [9.17, 15) is 0 Å². The molecule has 9 heteroatoms. The highest BCUT2D eigenvalue weighted by Crippen LogP contribution is 2.69. The molecule has 11 aliphatic rings. The number of hydrogen-bond donors (Lipinski definition) is 3. The van der Waals surface area contributed by atoms with E-state index in [2.05, 4.69) is 91.3 Å². The molecular formula is C49H59BN8. The zero-order valence-corrected chi connectivity index (χ0v) is 33.9. The van der Waals surface area contributed by atoms with Crippen molar-refractivity contribution in [1.82, 2.24) is 35.7 Å². The summed E-state index contributed by atoms with van der Waals surface area (Å²) in [6.07, 6.45) is 19.0. The van der Waals surface area contributed by atoms with Gasteiger partial charge in [-0.25, -0.2) is 9.97 Å². The first-order chi connectivity index (χ1) is 28.8. The Morgan fingerprint density at radius 2 is 1.36 bits per heavy atom. The number of rotatable bonds is 3. The summed E-state index contributed by atoms with van der Waals surface area (Å²) < 4.78 is 0. The minimum atomic E-state index is 0.261. The van der Waals surface area contributed by atoms with E-state index in [1.54, 1.807) is 22.7 Å². The molecular weight excluding hydrogens is 711 g/mol. The summed E-state index contributed by atoms with van der Waals surface area (Å²) in [6, 6.07) is 28.3. The molecule has 0 amide bonds. The summed E-state index contributed by atoms with van der Waals surface area (Å²) in [5, 5.41) is 12.5. The van der Waals surface area contributed by atoms with Crippen LogP contribution in [-0.2, 0) is 0 Å². The van der Waals surface area contributed by atoms with E-state index in [4.69, 9.17) is 9.97 Å². The van der Waals surface area contributed by atoms with Gasteiger partial charge >= 0.3 is 0 Å². The second-order valence-electron chi connectivity index (χ2n) is 20.5. The van der Waals surface area contributed by atoms with Crippen molar-refractivity contribution in [3.63, 3.8) is 0 Å². The van der Waals surface area contributed by atoms with Crippen LogP contribution in [-0.4, -0.2) is 88.5 Å². The van der Waals surface area contributed by atoms with Crippen molar-refractivity contribution in [3.05, 3.63) is 113 Å². The van der Waals surface area contributed by atoms with Crippen LogP contribution in [0.3, 0.4) is 0 Å². The number of hydrogen-bond acceptors (Lipinski definition) is 8. The van der Waals surface area contributed by atoms with Gasteiger partial charge in [0.15, 0.2) is 6.71 Å². The number of nitrogens with one attached hydrogen (secondary N) is 3. The topological polar surface area (TPSA) is 71.6 Å². The van der Waals surface area contributed by atoms with Crippen molar-refractivity contribution in [1.29, 1.82) is 0 Å². The molecule has 0 radical (unpaired) electrons. The first-order valence-electron chi connectivity index (χ1n) is 23.7. The smallest absolute Gasteiger partial charge is 0.159 e. The van der Waals surface area contributed by atoms with Crippen LogP contribution in [0.25, 0.3) is 0 Å². The Morgan fingerprint density at radius 1 is 0.621 bits per heavy atom. The largest absolute Gasteiger partial charge is 0.367 e. The molecule has 8 nitrogen and oxygen atoms in total. The van der Waals surface area contributed by atoms with Gasteiger partial charge in [-0.3, -0.25) is 5.32 Å². The fraction of sp³-hybridized carbons (Fsp3) is 0.592. The summed E-state index contributed by atoms with van der Waals surface area (Å²) in [7, 11) is 0. The third-order valence-corrected chi connectivity index (χ3v) is 18.4. The van der Waals surface area contributed by atoms with Gasteiger partial charge in [0.2, 0.25) is 0 Å². The lowest BCUT2D eigenvalue weighted by Gasteiger charge is -2.68. The van der Waals surface area contributed by atoms with Crippen molar-refractivity contribution >= 4 is 12.4 Å². The number of piperidine rings is 1. The van der Waals surface area contributed by atoms with Crippen LogP contribution in [0, 0.1) is 17.8 Å². The Morgan fingerprint density at radius 3 is 2.22 bits per heavy atom. The molecule has 298 valence electrons. The highest BCUT2D eigenvalue weighted by atomic mass is 15.5. The highest BCUT2D eigenvalue weighted by Gasteiger charge is 2.71. The molecule has 8 heterocycles. The number of para-hydroxylation sites is 1. The number of aromatic nitrogens is 2. The SMILES string of the molecule is c1ccc(C2CC3CCCCC3C3=C2N2C4CC(c5ncccn5)CC5C4B(C4CCCC6C7=C(N(c8ccccc8)C8NCCNC78)N5C46)C4CCNC3C42)cc1. The van der Waals surface area contributed by atoms with Crippen molar-refractivity contribution in [3.8, 4) is 0 Å². The quantitative estimate of drug-likeness (QED) is 0.244. The van der Waals surface area contributed by atoms with Crippen molar-refractivity contribution in [2.24, 2.45) is 17.8 Å². The molecule has 15 unspecified atom stereocenters. The van der Waals surface area contributed by atoms with Crippen LogP contribution in [0.2, 0.25) is 17.5 Å². The maximum Gasteiger partial charge on any atom is 0.159 e. The molecule has 3 aromatic rings. The number of benzene rings is 2. The van der Waals surface area contributed by atoms with Gasteiger partial charge in [-0.1, -0.05) is 74.2 Å². The fourth-order valence-electron chi connectivity index (χ4n) is 17.0. The molecule has 3 saturated carbocycles. The molecule has 7 fully saturated rings. The minimum absolute atomic E-state index is 0.261. The number of fused-ring (bicyclic) bond motifs is 12. The highest BCUT2D eigenvalue weighted by molar-refractivity contribution is 6.65. The summed E-state index contributed by atoms with van der Waals surface area (Å²) in [4.78, 5) is 19.4. The third-order valence-electron chi connectivity index (χ3n) is 18.4. The average Bonchev–Trinajstić information content (AvgIpc) is 3.94. The predicted molar refractivity (Wildman–Crippen MR) is 229 cm³/mol. The zero-order valence-electron chi connectivity index (χ0n) is 33.9. The van der Waals surface area contributed by atoms with Crippen LogP contribution in [0.15, 0.2) is 102 Å². The molecule has 1 aromatic heterocycles. The van der Waals surface area contributed by atoms with E-state index in [0.29, 0.717) is 59.8 Å². The maximum absolute atomic E-state index is 5.10. The summed E-state index contributed by atoms with van der Waals surface area (Å²) in [5.74, 6) is 7.84. The molecule has 58 heavy (non-hydrogen) atoms. The van der Waals surface area contributed by atoms with Crippen LogP contribution < -0.4 is 20.9 Å². The van der Waals surface area contributed by atoms with Crippen LogP contribution >= 0.6 is 0 Å². The van der Waals surface area contributed by atoms with Gasteiger partial charge in [0.1, 0.15) is 17.8 Å².